The van der Waals surface area contributed by atoms with Gasteiger partial charge in [-0.1, -0.05) is 72.8 Å². The van der Waals surface area contributed by atoms with Gasteiger partial charge in [-0.15, -0.1) is 25.3 Å². The maximum absolute atomic E-state index is 4.58. The molecule has 2 aromatic carbocycles. The molecule has 1 aliphatic carbocycles. The lowest BCUT2D eigenvalue weighted by atomic mass is 9.79. The summed E-state index contributed by atoms with van der Waals surface area (Å²) in [6.07, 6.45) is 8.82. The van der Waals surface area contributed by atoms with E-state index < -0.39 is 0 Å². The third kappa shape index (κ3) is 2.72. The van der Waals surface area contributed by atoms with E-state index in [4.69, 9.17) is 0 Å². The molecule has 4 rings (SSSR count). The predicted molar refractivity (Wildman–Crippen MR) is 110 cm³/mol. The summed E-state index contributed by atoms with van der Waals surface area (Å²) in [5, 5.41) is 0. The maximum atomic E-state index is 4.58. The molecule has 1 aliphatic heterocycles. The third-order valence-corrected chi connectivity index (χ3v) is 5.22. The molecule has 1 heterocycles. The second-order valence-electron chi connectivity index (χ2n) is 6.15. The van der Waals surface area contributed by atoms with Crippen molar-refractivity contribution < 1.29 is 0 Å². The van der Waals surface area contributed by atoms with Crippen molar-refractivity contribution in [3.63, 3.8) is 0 Å². The minimum atomic E-state index is 0.276. The van der Waals surface area contributed by atoms with E-state index in [0.29, 0.717) is 0 Å². The molecule has 1 nitrogen and oxygen atoms in total. The Balaban J connectivity index is 1.86. The fourth-order valence-electron chi connectivity index (χ4n) is 3.69. The SMILES string of the molecule is SC(S)=C1c2ccccc2N(Cc2ccccc2)C2C=CC=CC12. The minimum absolute atomic E-state index is 0.276. The van der Waals surface area contributed by atoms with Crippen LogP contribution in [0.15, 0.2) is 83.1 Å². The average Bonchev–Trinajstić information content (AvgIpc) is 2.62. The van der Waals surface area contributed by atoms with Crippen LogP contribution in [0, 0.1) is 5.92 Å². The normalized spacial score (nSPS) is 21.4. The van der Waals surface area contributed by atoms with Gasteiger partial charge in [0.15, 0.2) is 0 Å². The number of fused-ring (bicyclic) bond motifs is 2. The number of rotatable bonds is 2. The summed E-state index contributed by atoms with van der Waals surface area (Å²) in [5.41, 5.74) is 5.01. The highest BCUT2D eigenvalue weighted by molar-refractivity contribution is 8.05. The summed E-state index contributed by atoms with van der Waals surface area (Å²) >= 11 is 9.16. The van der Waals surface area contributed by atoms with Crippen LogP contribution < -0.4 is 4.90 Å². The quantitative estimate of drug-likeness (QED) is 0.692. The third-order valence-electron chi connectivity index (χ3n) is 4.74. The average molecular weight is 350 g/mol. The summed E-state index contributed by atoms with van der Waals surface area (Å²) in [6.45, 7) is 0.888. The Morgan fingerprint density at radius 2 is 1.58 bits per heavy atom. The van der Waals surface area contributed by atoms with E-state index in [9.17, 15) is 0 Å². The molecule has 2 aliphatic rings. The highest BCUT2D eigenvalue weighted by Crippen LogP contribution is 2.46. The molecule has 3 heteroatoms. The Bertz CT molecular complexity index is 832. The molecule has 0 N–H and O–H groups in total. The molecule has 0 bridgehead atoms. The summed E-state index contributed by atoms with van der Waals surface area (Å²) in [7, 11) is 0. The summed E-state index contributed by atoms with van der Waals surface area (Å²) in [5.74, 6) is 0.276. The summed E-state index contributed by atoms with van der Waals surface area (Å²) in [6, 6.07) is 19.5. The van der Waals surface area contributed by atoms with Crippen LogP contribution in [0.2, 0.25) is 0 Å². The van der Waals surface area contributed by atoms with Crippen LogP contribution in [-0.4, -0.2) is 6.04 Å². The Morgan fingerprint density at radius 3 is 2.38 bits per heavy atom. The van der Waals surface area contributed by atoms with E-state index in [1.807, 2.05) is 0 Å². The lowest BCUT2D eigenvalue weighted by Gasteiger charge is -2.44. The molecule has 0 fully saturated rings. The van der Waals surface area contributed by atoms with Crippen molar-refractivity contribution in [3.05, 3.63) is 94.3 Å². The molecule has 0 radical (unpaired) electrons. The standard InChI is InChI=1S/C21H19NS2/c23-21(24)20-16-10-4-6-12-18(16)22(14-15-8-2-1-3-9-15)19-13-7-5-11-17(19)20/h1-13,16,18,23-24H,14H2. The van der Waals surface area contributed by atoms with E-state index in [0.717, 1.165) is 10.8 Å². The van der Waals surface area contributed by atoms with Gasteiger partial charge in [-0.05, 0) is 17.2 Å². The maximum Gasteiger partial charge on any atom is 0.0584 e. The van der Waals surface area contributed by atoms with Crippen molar-refractivity contribution in [3.8, 4) is 0 Å². The van der Waals surface area contributed by atoms with Crippen LogP contribution in [0.4, 0.5) is 5.69 Å². The number of anilines is 1. The molecule has 0 amide bonds. The van der Waals surface area contributed by atoms with Gasteiger partial charge < -0.3 is 4.90 Å². The summed E-state index contributed by atoms with van der Waals surface area (Å²) < 4.78 is 0.803. The van der Waals surface area contributed by atoms with Crippen LogP contribution in [0.25, 0.3) is 5.57 Å². The van der Waals surface area contributed by atoms with Gasteiger partial charge in [-0.25, -0.2) is 0 Å². The molecule has 0 aromatic heterocycles. The van der Waals surface area contributed by atoms with Gasteiger partial charge in [0.2, 0.25) is 0 Å². The zero-order valence-corrected chi connectivity index (χ0v) is 15.0. The first-order valence-electron chi connectivity index (χ1n) is 8.13. The van der Waals surface area contributed by atoms with Crippen molar-refractivity contribution in [1.29, 1.82) is 0 Å². The van der Waals surface area contributed by atoms with Gasteiger partial charge >= 0.3 is 0 Å². The van der Waals surface area contributed by atoms with E-state index in [-0.39, 0.29) is 12.0 Å². The van der Waals surface area contributed by atoms with Gasteiger partial charge in [0.05, 0.1) is 6.04 Å². The smallest absolute Gasteiger partial charge is 0.0584 e. The minimum Gasteiger partial charge on any atom is -0.359 e. The number of hydrogen-bond donors (Lipinski definition) is 2. The molecule has 24 heavy (non-hydrogen) atoms. The van der Waals surface area contributed by atoms with Gasteiger partial charge in [0.1, 0.15) is 0 Å². The topological polar surface area (TPSA) is 3.24 Å². The molecular formula is C21H19NS2. The molecule has 0 spiro atoms. The zero-order valence-electron chi connectivity index (χ0n) is 13.2. The second kappa shape index (κ2) is 6.58. The van der Waals surface area contributed by atoms with E-state index in [1.165, 1.54) is 22.4 Å². The zero-order chi connectivity index (χ0) is 16.5. The van der Waals surface area contributed by atoms with Crippen LogP contribution in [0.3, 0.4) is 0 Å². The highest BCUT2D eigenvalue weighted by atomic mass is 32.2. The van der Waals surface area contributed by atoms with Gasteiger partial charge in [-0.3, -0.25) is 0 Å². The molecule has 0 saturated carbocycles. The van der Waals surface area contributed by atoms with E-state index in [2.05, 4.69) is 109 Å². The first kappa shape index (κ1) is 15.7. The Labute approximate surface area is 154 Å². The number of allylic oxidation sites excluding steroid dienone is 2. The second-order valence-corrected chi connectivity index (χ2v) is 7.40. The fourth-order valence-corrected chi connectivity index (χ4v) is 4.23. The van der Waals surface area contributed by atoms with Gasteiger partial charge in [0, 0.05) is 28.0 Å². The largest absolute Gasteiger partial charge is 0.359 e. The molecular weight excluding hydrogens is 330 g/mol. The van der Waals surface area contributed by atoms with Crippen LogP contribution in [0.1, 0.15) is 11.1 Å². The predicted octanol–water partition coefficient (Wildman–Crippen LogP) is 5.35. The van der Waals surface area contributed by atoms with Crippen molar-refractivity contribution >= 4 is 36.5 Å². The molecule has 0 saturated heterocycles. The molecule has 2 unspecified atom stereocenters. The van der Waals surface area contributed by atoms with Crippen molar-refractivity contribution in [2.75, 3.05) is 4.90 Å². The number of hydrogen-bond acceptors (Lipinski definition) is 3. The van der Waals surface area contributed by atoms with Gasteiger partial charge in [0.25, 0.3) is 0 Å². The monoisotopic (exact) mass is 349 g/mol. The van der Waals surface area contributed by atoms with E-state index >= 15 is 0 Å². The highest BCUT2D eigenvalue weighted by Gasteiger charge is 2.36. The van der Waals surface area contributed by atoms with Crippen LogP contribution in [0.5, 0.6) is 0 Å². The fraction of sp³-hybridized carbons (Fsp3) is 0.143. The van der Waals surface area contributed by atoms with Gasteiger partial charge in [-0.2, -0.15) is 0 Å². The Hall–Kier alpha value is -1.84. The van der Waals surface area contributed by atoms with Crippen LogP contribution >= 0.6 is 25.3 Å². The first-order valence-corrected chi connectivity index (χ1v) is 9.02. The first-order chi connectivity index (χ1) is 11.8. The Morgan fingerprint density at radius 1 is 0.875 bits per heavy atom. The van der Waals surface area contributed by atoms with Crippen molar-refractivity contribution in [2.45, 2.75) is 12.6 Å². The molecule has 2 atom stereocenters. The molecule has 2 aromatic rings. The summed E-state index contributed by atoms with van der Waals surface area (Å²) in [4.78, 5) is 2.49. The van der Waals surface area contributed by atoms with E-state index in [1.54, 1.807) is 0 Å². The van der Waals surface area contributed by atoms with Crippen molar-refractivity contribution in [2.24, 2.45) is 5.92 Å². The lowest BCUT2D eigenvalue weighted by Crippen LogP contribution is -2.43. The van der Waals surface area contributed by atoms with Crippen molar-refractivity contribution in [1.82, 2.24) is 0 Å². The van der Waals surface area contributed by atoms with Crippen LogP contribution in [-0.2, 0) is 6.54 Å². The molecule has 120 valence electrons. The number of benzene rings is 2. The number of thiol groups is 2. The number of nitrogens with zero attached hydrogens (tertiary/aromatic N) is 1. The number of para-hydroxylation sites is 1. The Kier molecular flexibility index (Phi) is 4.30. The lowest BCUT2D eigenvalue weighted by molar-refractivity contribution is 0.596.